The average Bonchev–Trinajstić information content (AvgIpc) is 2.52. The molecule has 1 unspecified atom stereocenters. The Bertz CT molecular complexity index is 579. The Labute approximate surface area is 124 Å². The number of nitrogens with one attached hydrogen (secondary N) is 1. The molecule has 0 fully saturated rings. The minimum Gasteiger partial charge on any atom is -0.497 e. The molecule has 0 radical (unpaired) electrons. The molecule has 2 aromatic rings. The Morgan fingerprint density at radius 1 is 1.05 bits per heavy atom. The van der Waals surface area contributed by atoms with E-state index >= 15 is 0 Å². The van der Waals surface area contributed by atoms with Gasteiger partial charge in [-0.15, -0.1) is 0 Å². The Morgan fingerprint density at radius 3 is 2.24 bits per heavy atom. The predicted octanol–water partition coefficient (Wildman–Crippen LogP) is 3.69. The maximum atomic E-state index is 13.7. The summed E-state index contributed by atoms with van der Waals surface area (Å²) in [6.07, 6.45) is 0. The Hall–Kier alpha value is -2.07. The highest BCUT2D eigenvalue weighted by molar-refractivity contribution is 5.38. The van der Waals surface area contributed by atoms with Gasteiger partial charge in [0.1, 0.15) is 17.3 Å². The molecule has 0 amide bonds. The fourth-order valence-electron chi connectivity index (χ4n) is 2.18. The van der Waals surface area contributed by atoms with Crippen molar-refractivity contribution in [2.24, 2.45) is 0 Å². The summed E-state index contributed by atoms with van der Waals surface area (Å²) >= 11 is 0. The van der Waals surface area contributed by atoms with Gasteiger partial charge in [-0.1, -0.05) is 18.2 Å². The van der Waals surface area contributed by atoms with Gasteiger partial charge in [0.05, 0.1) is 14.2 Å². The van der Waals surface area contributed by atoms with Crippen LogP contribution >= 0.6 is 0 Å². The summed E-state index contributed by atoms with van der Waals surface area (Å²) in [6, 6.07) is 12.4. The number of hydrogen-bond acceptors (Lipinski definition) is 3. The summed E-state index contributed by atoms with van der Waals surface area (Å²) in [6.45, 7) is 2.54. The summed E-state index contributed by atoms with van der Waals surface area (Å²) in [7, 11) is 3.24. The van der Waals surface area contributed by atoms with Crippen LogP contribution in [0.15, 0.2) is 42.5 Å². The van der Waals surface area contributed by atoms with Crippen LogP contribution in [-0.4, -0.2) is 14.2 Å². The van der Waals surface area contributed by atoms with Crippen LogP contribution in [0.5, 0.6) is 11.5 Å². The first-order valence-corrected chi connectivity index (χ1v) is 6.83. The minimum absolute atomic E-state index is 0.0802. The maximum absolute atomic E-state index is 13.7. The van der Waals surface area contributed by atoms with Gasteiger partial charge in [0.25, 0.3) is 0 Å². The molecule has 2 aromatic carbocycles. The smallest absolute Gasteiger partial charge is 0.127 e. The lowest BCUT2D eigenvalue weighted by Gasteiger charge is -2.16. The Balaban J connectivity index is 2.07. The van der Waals surface area contributed by atoms with Crippen LogP contribution in [0, 0.1) is 5.82 Å². The molecule has 0 aliphatic carbocycles. The van der Waals surface area contributed by atoms with Crippen molar-refractivity contribution in [3.8, 4) is 11.5 Å². The molecule has 0 aromatic heterocycles. The van der Waals surface area contributed by atoms with E-state index in [4.69, 9.17) is 9.47 Å². The van der Waals surface area contributed by atoms with E-state index in [9.17, 15) is 4.39 Å². The summed E-state index contributed by atoms with van der Waals surface area (Å²) in [4.78, 5) is 0. The molecule has 0 spiro atoms. The molecular formula is C17H20FNO2. The number of rotatable bonds is 6. The van der Waals surface area contributed by atoms with Crippen molar-refractivity contribution in [2.45, 2.75) is 19.5 Å². The molecule has 21 heavy (non-hydrogen) atoms. The zero-order valence-electron chi connectivity index (χ0n) is 12.5. The van der Waals surface area contributed by atoms with Crippen LogP contribution in [0.4, 0.5) is 4.39 Å². The summed E-state index contributed by atoms with van der Waals surface area (Å²) in [5, 5.41) is 3.31. The molecule has 1 atom stereocenters. The number of methoxy groups -OCH3 is 2. The maximum Gasteiger partial charge on any atom is 0.127 e. The predicted molar refractivity (Wildman–Crippen MR) is 81.2 cm³/mol. The monoisotopic (exact) mass is 289 g/mol. The Kier molecular flexibility index (Phi) is 5.17. The van der Waals surface area contributed by atoms with Gasteiger partial charge in [-0.2, -0.15) is 0 Å². The molecule has 0 heterocycles. The van der Waals surface area contributed by atoms with Crippen LogP contribution in [0.3, 0.4) is 0 Å². The third-order valence-electron chi connectivity index (χ3n) is 3.40. The minimum atomic E-state index is -0.194. The first kappa shape index (κ1) is 15.3. The van der Waals surface area contributed by atoms with Gasteiger partial charge < -0.3 is 14.8 Å². The Morgan fingerprint density at radius 2 is 1.67 bits per heavy atom. The molecule has 3 nitrogen and oxygen atoms in total. The van der Waals surface area contributed by atoms with Crippen LogP contribution in [0.1, 0.15) is 24.1 Å². The third kappa shape index (κ3) is 3.95. The van der Waals surface area contributed by atoms with E-state index in [0.717, 1.165) is 17.1 Å². The number of benzene rings is 2. The summed E-state index contributed by atoms with van der Waals surface area (Å²) in [5.74, 6) is 1.29. The highest BCUT2D eigenvalue weighted by Gasteiger charge is 2.10. The lowest BCUT2D eigenvalue weighted by atomic mass is 10.1. The van der Waals surface area contributed by atoms with Gasteiger partial charge in [-0.3, -0.25) is 0 Å². The highest BCUT2D eigenvalue weighted by Crippen LogP contribution is 2.23. The van der Waals surface area contributed by atoms with Crippen molar-refractivity contribution < 1.29 is 13.9 Å². The van der Waals surface area contributed by atoms with Gasteiger partial charge in [-0.25, -0.2) is 4.39 Å². The first-order valence-electron chi connectivity index (χ1n) is 6.83. The molecule has 0 saturated carbocycles. The highest BCUT2D eigenvalue weighted by atomic mass is 19.1. The van der Waals surface area contributed by atoms with Crippen molar-refractivity contribution >= 4 is 0 Å². The van der Waals surface area contributed by atoms with Crippen molar-refractivity contribution in [1.29, 1.82) is 0 Å². The third-order valence-corrected chi connectivity index (χ3v) is 3.40. The van der Waals surface area contributed by atoms with Crippen molar-refractivity contribution in [3.63, 3.8) is 0 Å². The van der Waals surface area contributed by atoms with E-state index in [1.165, 1.54) is 6.07 Å². The van der Waals surface area contributed by atoms with E-state index in [1.807, 2.05) is 31.2 Å². The molecule has 0 saturated heterocycles. The topological polar surface area (TPSA) is 30.5 Å². The number of hydrogen-bond donors (Lipinski definition) is 1. The molecule has 0 aliphatic rings. The standard InChI is InChI=1S/C17H20FNO2/c1-12(16-6-4-5-7-17(16)18)19-11-13-8-14(20-2)10-15(9-13)21-3/h4-10,12,19H,11H2,1-3H3. The van der Waals surface area contributed by atoms with Crippen LogP contribution in [-0.2, 0) is 6.54 Å². The number of halogens is 1. The van der Waals surface area contributed by atoms with E-state index in [1.54, 1.807) is 26.4 Å². The van der Waals surface area contributed by atoms with Crippen LogP contribution < -0.4 is 14.8 Å². The van der Waals surface area contributed by atoms with E-state index in [2.05, 4.69) is 5.32 Å². The van der Waals surface area contributed by atoms with E-state index < -0.39 is 0 Å². The van der Waals surface area contributed by atoms with Gasteiger partial charge in [0, 0.05) is 24.2 Å². The number of ether oxygens (including phenoxy) is 2. The van der Waals surface area contributed by atoms with Crippen molar-refractivity contribution in [3.05, 3.63) is 59.4 Å². The molecule has 0 aliphatic heterocycles. The molecular weight excluding hydrogens is 269 g/mol. The molecule has 112 valence electrons. The van der Waals surface area contributed by atoms with Crippen LogP contribution in [0.2, 0.25) is 0 Å². The second-order valence-corrected chi connectivity index (χ2v) is 4.85. The van der Waals surface area contributed by atoms with Gasteiger partial charge in [0.15, 0.2) is 0 Å². The molecule has 1 N–H and O–H groups in total. The summed E-state index contributed by atoms with van der Waals surface area (Å²) in [5.41, 5.74) is 1.68. The lowest BCUT2D eigenvalue weighted by Crippen LogP contribution is -2.19. The zero-order chi connectivity index (χ0) is 15.2. The van der Waals surface area contributed by atoms with Crippen LogP contribution in [0.25, 0.3) is 0 Å². The second kappa shape index (κ2) is 7.09. The largest absolute Gasteiger partial charge is 0.497 e. The fraction of sp³-hybridized carbons (Fsp3) is 0.294. The zero-order valence-corrected chi connectivity index (χ0v) is 12.5. The summed E-state index contributed by atoms with van der Waals surface area (Å²) < 4.78 is 24.2. The molecule has 0 bridgehead atoms. The first-order chi connectivity index (χ1) is 10.1. The SMILES string of the molecule is COc1cc(CNC(C)c2ccccc2F)cc(OC)c1. The van der Waals surface area contributed by atoms with Gasteiger partial charge >= 0.3 is 0 Å². The van der Waals surface area contributed by atoms with Crippen molar-refractivity contribution in [2.75, 3.05) is 14.2 Å². The van der Waals surface area contributed by atoms with Crippen molar-refractivity contribution in [1.82, 2.24) is 5.32 Å². The normalized spacial score (nSPS) is 12.0. The fourth-order valence-corrected chi connectivity index (χ4v) is 2.18. The van der Waals surface area contributed by atoms with E-state index in [-0.39, 0.29) is 11.9 Å². The van der Waals surface area contributed by atoms with E-state index in [0.29, 0.717) is 12.1 Å². The molecule has 4 heteroatoms. The molecule has 2 rings (SSSR count). The second-order valence-electron chi connectivity index (χ2n) is 4.85. The average molecular weight is 289 g/mol. The van der Waals surface area contributed by atoms with Gasteiger partial charge in [-0.05, 0) is 30.7 Å². The van der Waals surface area contributed by atoms with Gasteiger partial charge in [0.2, 0.25) is 0 Å². The quantitative estimate of drug-likeness (QED) is 0.879. The lowest BCUT2D eigenvalue weighted by molar-refractivity contribution is 0.392.